The van der Waals surface area contributed by atoms with Gasteiger partial charge in [-0.15, -0.1) is 0 Å². The van der Waals surface area contributed by atoms with Crippen LogP contribution in [0.15, 0.2) is 18.2 Å². The van der Waals surface area contributed by atoms with E-state index < -0.39 is 0 Å². The highest BCUT2D eigenvalue weighted by Crippen LogP contribution is 2.36. The van der Waals surface area contributed by atoms with Gasteiger partial charge in [-0.2, -0.15) is 0 Å². The van der Waals surface area contributed by atoms with E-state index in [0.717, 1.165) is 50.0 Å². The molecule has 1 saturated heterocycles. The van der Waals surface area contributed by atoms with Crippen molar-refractivity contribution in [3.8, 4) is 0 Å². The first-order valence-electron chi connectivity index (χ1n) is 8.66. The van der Waals surface area contributed by atoms with Gasteiger partial charge in [-0.25, -0.2) is 0 Å². The Morgan fingerprint density at radius 2 is 2.13 bits per heavy atom. The maximum absolute atomic E-state index is 12.4. The number of rotatable bonds is 4. The zero-order chi connectivity index (χ0) is 16.4. The molecule has 2 aliphatic rings. The minimum atomic E-state index is -0.0727. The van der Waals surface area contributed by atoms with Crippen molar-refractivity contribution >= 4 is 23.2 Å². The summed E-state index contributed by atoms with van der Waals surface area (Å²) in [7, 11) is 0. The van der Waals surface area contributed by atoms with Crippen LogP contribution in [0.2, 0.25) is 0 Å². The van der Waals surface area contributed by atoms with Crippen LogP contribution >= 0.6 is 0 Å². The molecule has 1 unspecified atom stereocenters. The van der Waals surface area contributed by atoms with Gasteiger partial charge < -0.3 is 15.5 Å². The summed E-state index contributed by atoms with van der Waals surface area (Å²) in [5, 5.41) is 6.02. The van der Waals surface area contributed by atoms with E-state index in [0.29, 0.717) is 5.56 Å². The van der Waals surface area contributed by atoms with Crippen molar-refractivity contribution in [2.24, 2.45) is 0 Å². The Bertz CT molecular complexity index is 610. The summed E-state index contributed by atoms with van der Waals surface area (Å²) >= 11 is 0. The van der Waals surface area contributed by atoms with E-state index in [1.807, 2.05) is 12.1 Å². The highest BCUT2D eigenvalue weighted by atomic mass is 16.2. The number of carbonyl (C=O) groups excluding carboxylic acids is 2. The molecule has 2 heterocycles. The zero-order valence-corrected chi connectivity index (χ0v) is 13.9. The summed E-state index contributed by atoms with van der Waals surface area (Å²) in [4.78, 5) is 26.9. The molecule has 0 spiro atoms. The zero-order valence-electron chi connectivity index (χ0n) is 13.9. The first kappa shape index (κ1) is 15.8. The fraction of sp³-hybridized carbons (Fsp3) is 0.556. The van der Waals surface area contributed by atoms with Gasteiger partial charge in [0.1, 0.15) is 6.04 Å². The molecule has 5 nitrogen and oxygen atoms in total. The predicted octanol–water partition coefficient (Wildman–Crippen LogP) is 2.92. The summed E-state index contributed by atoms with van der Waals surface area (Å²) < 4.78 is 0. The first-order valence-corrected chi connectivity index (χ1v) is 8.66. The molecule has 23 heavy (non-hydrogen) atoms. The topological polar surface area (TPSA) is 61.4 Å². The van der Waals surface area contributed by atoms with Crippen molar-refractivity contribution in [3.05, 3.63) is 23.8 Å². The molecule has 0 bridgehead atoms. The Kier molecular flexibility index (Phi) is 4.55. The predicted molar refractivity (Wildman–Crippen MR) is 91.9 cm³/mol. The smallest absolute Gasteiger partial charge is 0.251 e. The lowest BCUT2D eigenvalue weighted by molar-refractivity contribution is -0.118. The molecule has 1 aromatic carbocycles. The van der Waals surface area contributed by atoms with Crippen LogP contribution in [-0.2, 0) is 4.79 Å². The van der Waals surface area contributed by atoms with Gasteiger partial charge in [-0.3, -0.25) is 9.59 Å². The van der Waals surface area contributed by atoms with E-state index in [9.17, 15) is 9.59 Å². The molecule has 124 valence electrons. The molecular formula is C18H25N3O2. The highest BCUT2D eigenvalue weighted by Gasteiger charge is 2.34. The largest absolute Gasteiger partial charge is 0.358 e. The number of piperidine rings is 1. The van der Waals surface area contributed by atoms with Crippen LogP contribution in [0.1, 0.15) is 56.3 Å². The van der Waals surface area contributed by atoms with Gasteiger partial charge in [-0.1, -0.05) is 13.8 Å². The van der Waals surface area contributed by atoms with Gasteiger partial charge in [0.25, 0.3) is 5.91 Å². The van der Waals surface area contributed by atoms with Crippen molar-refractivity contribution in [1.29, 1.82) is 0 Å². The number of carbonyl (C=O) groups is 2. The minimum Gasteiger partial charge on any atom is -0.358 e. The molecular weight excluding hydrogens is 290 g/mol. The quantitative estimate of drug-likeness (QED) is 0.898. The number of fused-ring (bicyclic) bond motifs is 3. The Morgan fingerprint density at radius 3 is 2.87 bits per heavy atom. The average molecular weight is 315 g/mol. The normalized spacial score (nSPS) is 19.9. The van der Waals surface area contributed by atoms with Crippen molar-refractivity contribution in [1.82, 2.24) is 5.32 Å². The van der Waals surface area contributed by atoms with E-state index in [1.165, 1.54) is 0 Å². The molecule has 0 aliphatic carbocycles. The molecule has 0 saturated carbocycles. The summed E-state index contributed by atoms with van der Waals surface area (Å²) in [6, 6.07) is 5.77. The van der Waals surface area contributed by atoms with Crippen LogP contribution in [0.25, 0.3) is 0 Å². The fourth-order valence-corrected chi connectivity index (χ4v) is 3.50. The van der Waals surface area contributed by atoms with Crippen molar-refractivity contribution in [3.63, 3.8) is 0 Å². The van der Waals surface area contributed by atoms with Crippen LogP contribution < -0.4 is 15.5 Å². The second-order valence-corrected chi connectivity index (χ2v) is 6.41. The van der Waals surface area contributed by atoms with Crippen LogP contribution in [0.3, 0.4) is 0 Å². The monoisotopic (exact) mass is 315 g/mol. The molecule has 3 rings (SSSR count). The second kappa shape index (κ2) is 6.60. The molecule has 1 fully saturated rings. The SMILES string of the molecule is CCC(CC)NC(=O)c1ccc2c(c1)NC(=O)C1CCCCN21. The van der Waals surface area contributed by atoms with Gasteiger partial charge >= 0.3 is 0 Å². The van der Waals surface area contributed by atoms with Crippen LogP contribution in [0.5, 0.6) is 0 Å². The Hall–Kier alpha value is -2.04. The number of hydrogen-bond acceptors (Lipinski definition) is 3. The van der Waals surface area contributed by atoms with Crippen LogP contribution in [0, 0.1) is 0 Å². The standard InChI is InChI=1S/C18H25N3O2/c1-3-13(4-2)19-17(22)12-8-9-15-14(11-12)20-18(23)16-7-5-6-10-21(15)16/h8-9,11,13,16H,3-7,10H2,1-2H3,(H,19,22)(H,20,23). The molecule has 0 aromatic heterocycles. The molecule has 2 amide bonds. The Labute approximate surface area is 137 Å². The summed E-state index contributed by atoms with van der Waals surface area (Å²) in [6.45, 7) is 5.04. The number of amides is 2. The van der Waals surface area contributed by atoms with Crippen molar-refractivity contribution < 1.29 is 9.59 Å². The van der Waals surface area contributed by atoms with Crippen molar-refractivity contribution in [2.45, 2.75) is 58.0 Å². The van der Waals surface area contributed by atoms with Crippen LogP contribution in [-0.4, -0.2) is 30.4 Å². The lowest BCUT2D eigenvalue weighted by Crippen LogP contribution is -2.50. The van der Waals surface area contributed by atoms with E-state index in [1.54, 1.807) is 6.07 Å². The molecule has 2 N–H and O–H groups in total. The number of nitrogens with one attached hydrogen (secondary N) is 2. The van der Waals surface area contributed by atoms with Gasteiger partial charge in [0.2, 0.25) is 5.91 Å². The van der Waals surface area contributed by atoms with Gasteiger partial charge in [-0.05, 0) is 50.3 Å². The fourth-order valence-electron chi connectivity index (χ4n) is 3.50. The lowest BCUT2D eigenvalue weighted by atomic mass is 9.96. The van der Waals surface area contributed by atoms with Crippen molar-refractivity contribution in [2.75, 3.05) is 16.8 Å². The second-order valence-electron chi connectivity index (χ2n) is 6.41. The number of nitrogens with zero attached hydrogens (tertiary/aromatic N) is 1. The first-order chi connectivity index (χ1) is 11.1. The molecule has 5 heteroatoms. The van der Waals surface area contributed by atoms with E-state index >= 15 is 0 Å². The third-order valence-electron chi connectivity index (χ3n) is 4.95. The molecule has 1 atom stereocenters. The highest BCUT2D eigenvalue weighted by molar-refractivity contribution is 6.05. The maximum atomic E-state index is 12.4. The van der Waals surface area contributed by atoms with E-state index in [-0.39, 0.29) is 23.9 Å². The Morgan fingerprint density at radius 1 is 1.35 bits per heavy atom. The van der Waals surface area contributed by atoms with Gasteiger partial charge in [0.15, 0.2) is 0 Å². The maximum Gasteiger partial charge on any atom is 0.251 e. The lowest BCUT2D eigenvalue weighted by Gasteiger charge is -2.41. The van der Waals surface area contributed by atoms with Gasteiger partial charge in [0.05, 0.1) is 11.4 Å². The summed E-state index contributed by atoms with van der Waals surface area (Å²) in [5.41, 5.74) is 2.39. The van der Waals surface area contributed by atoms with E-state index in [2.05, 4.69) is 29.4 Å². The number of hydrogen-bond donors (Lipinski definition) is 2. The minimum absolute atomic E-state index is 0.0507. The van der Waals surface area contributed by atoms with E-state index in [4.69, 9.17) is 0 Å². The molecule has 2 aliphatic heterocycles. The Balaban J connectivity index is 1.84. The third-order valence-corrected chi connectivity index (χ3v) is 4.95. The molecule has 0 radical (unpaired) electrons. The molecule has 1 aromatic rings. The number of anilines is 2. The average Bonchev–Trinajstić information content (AvgIpc) is 2.59. The summed E-state index contributed by atoms with van der Waals surface area (Å²) in [6.07, 6.45) is 4.95. The van der Waals surface area contributed by atoms with Gasteiger partial charge in [0, 0.05) is 18.2 Å². The van der Waals surface area contributed by atoms with Crippen LogP contribution in [0.4, 0.5) is 11.4 Å². The summed E-state index contributed by atoms with van der Waals surface area (Å²) in [5.74, 6) is -0.0220. The third kappa shape index (κ3) is 3.05. The number of benzene rings is 1.